The zero-order chi connectivity index (χ0) is 11.9. The van der Waals surface area contributed by atoms with Crippen molar-refractivity contribution in [2.24, 2.45) is 5.41 Å². The van der Waals surface area contributed by atoms with Crippen molar-refractivity contribution < 1.29 is 0 Å². The van der Waals surface area contributed by atoms with Crippen LogP contribution in [0.3, 0.4) is 0 Å². The maximum atomic E-state index is 3.51. The lowest BCUT2D eigenvalue weighted by Gasteiger charge is -2.18. The summed E-state index contributed by atoms with van der Waals surface area (Å²) in [5, 5.41) is 3.51. The van der Waals surface area contributed by atoms with E-state index < -0.39 is 0 Å². The van der Waals surface area contributed by atoms with Crippen LogP contribution in [0.1, 0.15) is 39.2 Å². The largest absolute Gasteiger partial charge is 0.316 e. The molecule has 0 spiro atoms. The second kappa shape index (κ2) is 6.70. The normalized spacial score (nSPS) is 11.7. The zero-order valence-corrected chi connectivity index (χ0v) is 10.9. The first-order valence-corrected chi connectivity index (χ1v) is 6.32. The number of hydrogen-bond donors (Lipinski definition) is 1. The van der Waals surface area contributed by atoms with Gasteiger partial charge in [-0.1, -0.05) is 51.1 Å². The topological polar surface area (TPSA) is 12.0 Å². The fourth-order valence-electron chi connectivity index (χ4n) is 1.69. The van der Waals surface area contributed by atoms with E-state index in [1.165, 1.54) is 24.8 Å². The van der Waals surface area contributed by atoms with Gasteiger partial charge in [-0.25, -0.2) is 0 Å². The Morgan fingerprint density at radius 3 is 2.31 bits per heavy atom. The molecule has 16 heavy (non-hydrogen) atoms. The van der Waals surface area contributed by atoms with Crippen LogP contribution in [0.25, 0.3) is 0 Å². The molecule has 1 rings (SSSR count). The summed E-state index contributed by atoms with van der Waals surface area (Å²) in [6.45, 7) is 9.06. The number of hydrogen-bond acceptors (Lipinski definition) is 1. The van der Waals surface area contributed by atoms with Gasteiger partial charge >= 0.3 is 0 Å². The van der Waals surface area contributed by atoms with E-state index in [1.54, 1.807) is 0 Å². The number of nitrogens with one attached hydrogen (secondary N) is 1. The number of unbranched alkanes of at least 4 members (excludes halogenated alkanes) is 1. The first-order chi connectivity index (χ1) is 7.58. The Hall–Kier alpha value is -0.820. The second-order valence-corrected chi connectivity index (χ2v) is 5.68. The summed E-state index contributed by atoms with van der Waals surface area (Å²) in [5.74, 6) is 0. The van der Waals surface area contributed by atoms with Gasteiger partial charge in [0.15, 0.2) is 0 Å². The van der Waals surface area contributed by atoms with E-state index in [2.05, 4.69) is 56.4 Å². The first-order valence-electron chi connectivity index (χ1n) is 6.32. The van der Waals surface area contributed by atoms with Crippen LogP contribution in [0.5, 0.6) is 0 Å². The van der Waals surface area contributed by atoms with Crippen LogP contribution >= 0.6 is 0 Å². The van der Waals surface area contributed by atoms with Crippen molar-refractivity contribution in [3.05, 3.63) is 35.9 Å². The highest BCUT2D eigenvalue weighted by molar-refractivity contribution is 5.14. The smallest absolute Gasteiger partial charge is 0.0000126 e. The molecule has 0 aliphatic carbocycles. The van der Waals surface area contributed by atoms with Gasteiger partial charge in [0.25, 0.3) is 0 Å². The van der Waals surface area contributed by atoms with Gasteiger partial charge in [0, 0.05) is 0 Å². The Balaban J connectivity index is 2.01. The maximum Gasteiger partial charge on any atom is -0.0000126 e. The highest BCUT2D eigenvalue weighted by atomic mass is 14.9. The van der Waals surface area contributed by atoms with Gasteiger partial charge in [0.1, 0.15) is 0 Å². The molecule has 1 aromatic rings. The van der Waals surface area contributed by atoms with Crippen molar-refractivity contribution in [2.45, 2.75) is 40.0 Å². The second-order valence-electron chi connectivity index (χ2n) is 5.68. The van der Waals surface area contributed by atoms with Gasteiger partial charge in [-0.2, -0.15) is 0 Å². The maximum absolute atomic E-state index is 3.51. The van der Waals surface area contributed by atoms with E-state index >= 15 is 0 Å². The quantitative estimate of drug-likeness (QED) is 0.720. The summed E-state index contributed by atoms with van der Waals surface area (Å²) in [6.07, 6.45) is 3.75. The SMILES string of the molecule is CC(C)(C)CNCCCCc1ccccc1. The molecule has 0 aliphatic heterocycles. The van der Waals surface area contributed by atoms with Crippen molar-refractivity contribution in [3.8, 4) is 0 Å². The molecule has 0 saturated heterocycles. The molecule has 0 radical (unpaired) electrons. The van der Waals surface area contributed by atoms with Crippen molar-refractivity contribution in [1.82, 2.24) is 5.32 Å². The third-order valence-electron chi connectivity index (χ3n) is 2.57. The number of aryl methyl sites for hydroxylation is 1. The molecular weight excluding hydrogens is 194 g/mol. The highest BCUT2D eigenvalue weighted by Gasteiger charge is 2.07. The van der Waals surface area contributed by atoms with E-state index in [0.29, 0.717) is 5.41 Å². The molecule has 0 atom stereocenters. The fraction of sp³-hybridized carbons (Fsp3) is 0.600. The van der Waals surface area contributed by atoms with Crippen LogP contribution in [-0.4, -0.2) is 13.1 Å². The Morgan fingerprint density at radius 2 is 1.69 bits per heavy atom. The third kappa shape index (κ3) is 6.62. The van der Waals surface area contributed by atoms with Gasteiger partial charge in [-0.15, -0.1) is 0 Å². The minimum atomic E-state index is 0.402. The molecule has 0 fully saturated rings. The summed E-state index contributed by atoms with van der Waals surface area (Å²) < 4.78 is 0. The molecular formula is C15H25N. The van der Waals surface area contributed by atoms with E-state index in [1.807, 2.05) is 0 Å². The molecule has 0 saturated carbocycles. The molecule has 1 N–H and O–H groups in total. The van der Waals surface area contributed by atoms with Gasteiger partial charge < -0.3 is 5.32 Å². The zero-order valence-electron chi connectivity index (χ0n) is 10.9. The first kappa shape index (κ1) is 13.2. The van der Waals surface area contributed by atoms with E-state index in [0.717, 1.165) is 13.1 Å². The molecule has 90 valence electrons. The van der Waals surface area contributed by atoms with Crippen LogP contribution < -0.4 is 5.32 Å². The fourth-order valence-corrected chi connectivity index (χ4v) is 1.69. The number of benzene rings is 1. The average Bonchev–Trinajstić information content (AvgIpc) is 2.23. The van der Waals surface area contributed by atoms with E-state index in [4.69, 9.17) is 0 Å². The summed E-state index contributed by atoms with van der Waals surface area (Å²) in [7, 11) is 0. The predicted molar refractivity (Wildman–Crippen MR) is 71.7 cm³/mol. The average molecular weight is 219 g/mol. The van der Waals surface area contributed by atoms with Crippen molar-refractivity contribution in [1.29, 1.82) is 0 Å². The molecule has 1 heteroatoms. The van der Waals surface area contributed by atoms with Gasteiger partial charge in [-0.05, 0) is 43.3 Å². The molecule has 0 unspecified atom stereocenters. The van der Waals surface area contributed by atoms with Crippen LogP contribution in [0.2, 0.25) is 0 Å². The lowest BCUT2D eigenvalue weighted by Crippen LogP contribution is -2.27. The molecule has 0 heterocycles. The molecule has 0 aliphatic rings. The van der Waals surface area contributed by atoms with Crippen LogP contribution in [0, 0.1) is 5.41 Å². The predicted octanol–water partition coefficient (Wildman–Crippen LogP) is 3.65. The van der Waals surface area contributed by atoms with Crippen LogP contribution in [0.4, 0.5) is 0 Å². The summed E-state index contributed by atoms with van der Waals surface area (Å²) >= 11 is 0. The molecule has 1 nitrogen and oxygen atoms in total. The lowest BCUT2D eigenvalue weighted by molar-refractivity contribution is 0.378. The minimum Gasteiger partial charge on any atom is -0.316 e. The van der Waals surface area contributed by atoms with Gasteiger partial charge in [0.2, 0.25) is 0 Å². The molecule has 0 bridgehead atoms. The summed E-state index contributed by atoms with van der Waals surface area (Å²) in [6, 6.07) is 10.7. The minimum absolute atomic E-state index is 0.402. The third-order valence-corrected chi connectivity index (χ3v) is 2.57. The summed E-state index contributed by atoms with van der Waals surface area (Å²) in [4.78, 5) is 0. The molecule has 0 amide bonds. The van der Waals surface area contributed by atoms with Crippen LogP contribution in [-0.2, 0) is 6.42 Å². The van der Waals surface area contributed by atoms with Gasteiger partial charge in [-0.3, -0.25) is 0 Å². The van der Waals surface area contributed by atoms with Crippen molar-refractivity contribution >= 4 is 0 Å². The van der Waals surface area contributed by atoms with Gasteiger partial charge in [0.05, 0.1) is 0 Å². The lowest BCUT2D eigenvalue weighted by atomic mass is 9.97. The Bertz CT molecular complexity index is 271. The number of rotatable bonds is 6. The monoisotopic (exact) mass is 219 g/mol. The van der Waals surface area contributed by atoms with Crippen LogP contribution in [0.15, 0.2) is 30.3 Å². The highest BCUT2D eigenvalue weighted by Crippen LogP contribution is 2.10. The Kier molecular flexibility index (Phi) is 5.54. The molecule has 1 aromatic carbocycles. The van der Waals surface area contributed by atoms with Crippen molar-refractivity contribution in [3.63, 3.8) is 0 Å². The molecule has 0 aromatic heterocycles. The van der Waals surface area contributed by atoms with Crippen molar-refractivity contribution in [2.75, 3.05) is 13.1 Å². The Labute approximate surface area is 100 Å². The Morgan fingerprint density at radius 1 is 1.00 bits per heavy atom. The summed E-state index contributed by atoms with van der Waals surface area (Å²) in [5.41, 5.74) is 1.86. The van der Waals surface area contributed by atoms with E-state index in [-0.39, 0.29) is 0 Å². The standard InChI is InChI=1S/C15H25N/c1-15(2,3)13-16-12-8-7-11-14-9-5-4-6-10-14/h4-6,9-10,16H,7-8,11-13H2,1-3H3. The van der Waals surface area contributed by atoms with E-state index in [9.17, 15) is 0 Å².